The molecule has 0 atom stereocenters. The van der Waals surface area contributed by atoms with Gasteiger partial charge < -0.3 is 20.2 Å². The minimum atomic E-state index is -1.03. The van der Waals surface area contributed by atoms with Crippen LogP contribution in [0.15, 0.2) is 24.3 Å². The number of thiazole rings is 1. The summed E-state index contributed by atoms with van der Waals surface area (Å²) in [6, 6.07) is 7.94. The largest absolute Gasteiger partial charge is 0.477 e. The number of aromatic carboxylic acids is 1. The Hall–Kier alpha value is -4.66. The number of hydrogen-bond donors (Lipinski definition) is 4. The van der Waals surface area contributed by atoms with Crippen molar-refractivity contribution in [2.45, 2.75) is 19.9 Å². The minimum Gasteiger partial charge on any atom is -0.477 e. The molecule has 4 aromatic rings. The highest BCUT2D eigenvalue weighted by Gasteiger charge is 2.30. The van der Waals surface area contributed by atoms with E-state index in [1.54, 1.807) is 6.92 Å². The Balaban J connectivity index is 1.32. The van der Waals surface area contributed by atoms with E-state index in [0.717, 1.165) is 46.8 Å². The van der Waals surface area contributed by atoms with Gasteiger partial charge in [-0.3, -0.25) is 10.1 Å². The van der Waals surface area contributed by atoms with E-state index in [2.05, 4.69) is 41.1 Å². The van der Waals surface area contributed by atoms with Crippen LogP contribution in [0, 0.1) is 6.92 Å². The fraction of sp³-hybridized carbons (Fsp3) is 0.304. The lowest BCUT2D eigenvalue weighted by Crippen LogP contribution is -2.48. The summed E-state index contributed by atoms with van der Waals surface area (Å²) in [5.74, 6) is 1.22. The molecule has 14 nitrogen and oxygen atoms in total. The van der Waals surface area contributed by atoms with Gasteiger partial charge in [0.2, 0.25) is 17.7 Å². The van der Waals surface area contributed by atoms with Gasteiger partial charge in [-0.05, 0) is 24.1 Å². The molecule has 1 amide bonds. The van der Waals surface area contributed by atoms with Gasteiger partial charge in [-0.15, -0.1) is 10.2 Å². The summed E-state index contributed by atoms with van der Waals surface area (Å²) >= 11 is 1.03. The number of carbonyl (C=O) groups excluding carboxylic acids is 1. The van der Waals surface area contributed by atoms with Crippen molar-refractivity contribution in [1.82, 2.24) is 40.9 Å². The Morgan fingerprint density at radius 1 is 1.16 bits per heavy atom. The molecule has 1 fully saturated rings. The smallest absolute Gasteiger partial charge is 0.347 e. The molecule has 2 aliphatic heterocycles. The summed E-state index contributed by atoms with van der Waals surface area (Å²) in [6.07, 6.45) is 0.740. The van der Waals surface area contributed by atoms with Crippen LogP contribution in [0.25, 0.3) is 11.4 Å². The van der Waals surface area contributed by atoms with Gasteiger partial charge in [-0.25, -0.2) is 9.78 Å². The summed E-state index contributed by atoms with van der Waals surface area (Å²) in [5, 5.41) is 29.8. The molecule has 0 bridgehead atoms. The van der Waals surface area contributed by atoms with Crippen molar-refractivity contribution in [3.05, 3.63) is 46.0 Å². The number of aromatic amines is 1. The average molecular weight is 534 g/mol. The number of carboxylic acids is 1. The number of anilines is 4. The number of nitrogens with one attached hydrogen (secondary N) is 3. The van der Waals surface area contributed by atoms with E-state index in [1.807, 2.05) is 29.2 Å². The zero-order valence-electron chi connectivity index (χ0n) is 20.3. The maximum atomic E-state index is 12.1. The lowest BCUT2D eigenvalue weighted by atomic mass is 10.1. The van der Waals surface area contributed by atoms with Gasteiger partial charge in [-0.2, -0.15) is 15.2 Å². The summed E-state index contributed by atoms with van der Waals surface area (Å²) in [4.78, 5) is 41.8. The molecule has 0 spiro atoms. The molecule has 2 aliphatic rings. The number of fused-ring (bicyclic) bond motifs is 1. The summed E-state index contributed by atoms with van der Waals surface area (Å²) in [5.41, 5.74) is 3.35. The number of benzene rings is 1. The number of piperazine rings is 1. The molecule has 1 saturated heterocycles. The fourth-order valence-corrected chi connectivity index (χ4v) is 5.40. The molecule has 15 heteroatoms. The molecule has 0 radical (unpaired) electrons. The topological polar surface area (TPSA) is 178 Å². The average Bonchev–Trinajstić information content (AvgIpc) is 3.65. The lowest BCUT2D eigenvalue weighted by Gasteiger charge is -2.29. The Bertz CT molecular complexity index is 1500. The second-order valence-corrected chi connectivity index (χ2v) is 9.91. The van der Waals surface area contributed by atoms with E-state index in [1.165, 1.54) is 0 Å². The van der Waals surface area contributed by atoms with Crippen LogP contribution in [-0.4, -0.2) is 78.7 Å². The van der Waals surface area contributed by atoms with E-state index in [-0.39, 0.29) is 17.3 Å². The van der Waals surface area contributed by atoms with Gasteiger partial charge in [0.25, 0.3) is 0 Å². The van der Waals surface area contributed by atoms with Crippen LogP contribution < -0.4 is 20.4 Å². The second-order valence-electron chi connectivity index (χ2n) is 8.91. The van der Waals surface area contributed by atoms with Crippen LogP contribution in [0.2, 0.25) is 0 Å². The van der Waals surface area contributed by atoms with Crippen molar-refractivity contribution in [3.63, 3.8) is 0 Å². The molecule has 6 rings (SSSR count). The first-order valence-corrected chi connectivity index (χ1v) is 12.7. The van der Waals surface area contributed by atoms with Gasteiger partial charge in [0.05, 0.1) is 12.2 Å². The van der Waals surface area contributed by atoms with Crippen molar-refractivity contribution in [1.29, 1.82) is 0 Å². The number of carboxylic acid groups (broad SMARTS) is 1. The first-order chi connectivity index (χ1) is 18.4. The zero-order chi connectivity index (χ0) is 26.2. The van der Waals surface area contributed by atoms with Crippen molar-refractivity contribution >= 4 is 45.9 Å². The molecule has 194 valence electrons. The second kappa shape index (κ2) is 9.66. The molecule has 0 saturated carbocycles. The van der Waals surface area contributed by atoms with Crippen LogP contribution in [0.4, 0.5) is 22.7 Å². The summed E-state index contributed by atoms with van der Waals surface area (Å²) < 4.78 is 0. The summed E-state index contributed by atoms with van der Waals surface area (Å²) in [6.45, 7) is 4.39. The zero-order valence-corrected chi connectivity index (χ0v) is 21.1. The predicted octanol–water partition coefficient (Wildman–Crippen LogP) is 1.36. The van der Waals surface area contributed by atoms with Crippen LogP contribution in [0.3, 0.4) is 0 Å². The third-order valence-electron chi connectivity index (χ3n) is 6.37. The number of aromatic nitrogens is 7. The maximum Gasteiger partial charge on any atom is 0.347 e. The van der Waals surface area contributed by atoms with Crippen molar-refractivity contribution in [3.8, 4) is 11.4 Å². The highest BCUT2D eigenvalue weighted by atomic mass is 32.1. The monoisotopic (exact) mass is 533 g/mol. The number of tetrazole rings is 1. The van der Waals surface area contributed by atoms with Crippen LogP contribution in [0.5, 0.6) is 0 Å². The van der Waals surface area contributed by atoms with Gasteiger partial charge in [0.15, 0.2) is 5.13 Å². The number of H-pyrrole nitrogens is 1. The number of nitrogens with zero attached hydrogens (tertiary/aromatic N) is 8. The summed E-state index contributed by atoms with van der Waals surface area (Å²) in [7, 11) is 0. The molecular weight excluding hydrogens is 510 g/mol. The van der Waals surface area contributed by atoms with Gasteiger partial charge in [0, 0.05) is 37.3 Å². The number of carbonyl (C=O) groups is 2. The Morgan fingerprint density at radius 2 is 1.97 bits per heavy atom. The third-order valence-corrected chi connectivity index (χ3v) is 7.43. The van der Waals surface area contributed by atoms with E-state index in [0.29, 0.717) is 48.1 Å². The molecule has 0 unspecified atom stereocenters. The SMILES string of the molecule is Cc1nc(Nc2nc(N3CCNC(=O)C3)c3c(n2)N(Cc2ccc(-c4nn[nH]n4)cc2)CC3)sc1C(=O)O. The van der Waals surface area contributed by atoms with Crippen molar-refractivity contribution in [2.24, 2.45) is 0 Å². The van der Waals surface area contributed by atoms with Gasteiger partial charge in [-0.1, -0.05) is 35.6 Å². The fourth-order valence-electron chi connectivity index (χ4n) is 4.60. The number of rotatable bonds is 7. The lowest BCUT2D eigenvalue weighted by molar-refractivity contribution is -0.120. The normalized spacial score (nSPS) is 14.9. The van der Waals surface area contributed by atoms with E-state index >= 15 is 0 Å². The molecule has 3 aromatic heterocycles. The van der Waals surface area contributed by atoms with Gasteiger partial charge >= 0.3 is 5.97 Å². The Kier molecular flexibility index (Phi) is 6.03. The van der Waals surface area contributed by atoms with E-state index in [9.17, 15) is 14.7 Å². The Morgan fingerprint density at radius 3 is 2.68 bits per heavy atom. The first kappa shape index (κ1) is 23.7. The molecule has 1 aromatic carbocycles. The minimum absolute atomic E-state index is 0.0590. The molecule has 0 aliphatic carbocycles. The molecule has 5 heterocycles. The number of amides is 1. The quantitative estimate of drug-likeness (QED) is 0.268. The van der Waals surface area contributed by atoms with E-state index < -0.39 is 5.97 Å². The van der Waals surface area contributed by atoms with Crippen molar-refractivity contribution < 1.29 is 14.7 Å². The molecular formula is C23H23N11O3S. The van der Waals surface area contributed by atoms with Gasteiger partial charge in [0.1, 0.15) is 16.5 Å². The highest BCUT2D eigenvalue weighted by molar-refractivity contribution is 7.17. The maximum absolute atomic E-state index is 12.1. The molecule has 38 heavy (non-hydrogen) atoms. The van der Waals surface area contributed by atoms with Crippen LogP contribution >= 0.6 is 11.3 Å². The van der Waals surface area contributed by atoms with E-state index in [4.69, 9.17) is 9.97 Å². The Labute approximate surface area is 220 Å². The van der Waals surface area contributed by atoms with Crippen LogP contribution in [0.1, 0.15) is 26.5 Å². The highest BCUT2D eigenvalue weighted by Crippen LogP contribution is 2.36. The first-order valence-electron chi connectivity index (χ1n) is 11.9. The third kappa shape index (κ3) is 4.58. The predicted molar refractivity (Wildman–Crippen MR) is 139 cm³/mol. The molecule has 4 N–H and O–H groups in total. The standard InChI is InChI=1S/C23H23N11O3S/c1-12-17(21(36)37)38-23(25-12)28-22-26-19-15(20(27-22)34-9-7-24-16(35)11-34)6-8-33(19)10-13-2-4-14(5-3-13)18-29-31-32-30-18/h2-5H,6-11H2,1H3,(H,24,35)(H,36,37)(H,25,26,27,28)(H,29,30,31,32). The van der Waals surface area contributed by atoms with Crippen LogP contribution in [-0.2, 0) is 17.8 Å². The number of hydrogen-bond acceptors (Lipinski definition) is 12. The van der Waals surface area contributed by atoms with Crippen molar-refractivity contribution in [2.75, 3.05) is 41.3 Å². The number of aryl methyl sites for hydroxylation is 1.